The maximum absolute atomic E-state index is 12.0. The lowest BCUT2D eigenvalue weighted by atomic mass is 10.0. The van der Waals surface area contributed by atoms with Crippen LogP contribution in [0.5, 0.6) is 11.5 Å². The molecule has 1 aromatic rings. The van der Waals surface area contributed by atoms with Crippen molar-refractivity contribution in [2.75, 3.05) is 26.9 Å². The van der Waals surface area contributed by atoms with Crippen molar-refractivity contribution in [3.05, 3.63) is 24.3 Å². The largest absolute Gasteiger partial charge is 0.497 e. The fourth-order valence-electron chi connectivity index (χ4n) is 1.76. The summed E-state index contributed by atoms with van der Waals surface area (Å²) in [6, 6.07) is 7.22. The first-order valence-corrected chi connectivity index (χ1v) is 6.74. The van der Waals surface area contributed by atoms with E-state index in [0.717, 1.165) is 5.75 Å². The highest BCUT2D eigenvalue weighted by Crippen LogP contribution is 2.18. The molecule has 5 heteroatoms. The minimum Gasteiger partial charge on any atom is -0.497 e. The number of hydrogen-bond donors (Lipinski definition) is 1. The summed E-state index contributed by atoms with van der Waals surface area (Å²) in [6.07, 6.45) is 0. The fraction of sp³-hybridized carbons (Fsp3) is 0.533. The summed E-state index contributed by atoms with van der Waals surface area (Å²) in [6.45, 7) is 6.70. The van der Waals surface area contributed by atoms with E-state index < -0.39 is 5.54 Å². The summed E-state index contributed by atoms with van der Waals surface area (Å²) in [7, 11) is 1.61. The van der Waals surface area contributed by atoms with Crippen LogP contribution in [0.2, 0.25) is 0 Å². The Morgan fingerprint density at radius 2 is 1.80 bits per heavy atom. The van der Waals surface area contributed by atoms with Crippen LogP contribution in [-0.4, -0.2) is 38.4 Å². The topological polar surface area (TPSA) is 56.8 Å². The number of likely N-dealkylation sites (N-methyl/N-ethyl adjacent to an activating group) is 1. The monoisotopic (exact) mass is 281 g/mol. The molecular weight excluding hydrogens is 258 g/mol. The van der Waals surface area contributed by atoms with Crippen molar-refractivity contribution in [2.45, 2.75) is 26.3 Å². The summed E-state index contributed by atoms with van der Waals surface area (Å²) in [5, 5.41) is 3.11. The Labute approximate surface area is 120 Å². The first kappa shape index (κ1) is 16.3. The summed E-state index contributed by atoms with van der Waals surface area (Å²) in [5.41, 5.74) is -0.856. The molecule has 0 saturated heterocycles. The second kappa shape index (κ2) is 7.75. The molecule has 0 spiro atoms. The molecule has 0 saturated carbocycles. The molecule has 1 rings (SSSR count). The maximum Gasteiger partial charge on any atom is 0.329 e. The van der Waals surface area contributed by atoms with Gasteiger partial charge < -0.3 is 14.2 Å². The third-order valence-corrected chi connectivity index (χ3v) is 2.88. The Kier molecular flexibility index (Phi) is 6.31. The van der Waals surface area contributed by atoms with Gasteiger partial charge in [-0.15, -0.1) is 0 Å². The predicted molar refractivity (Wildman–Crippen MR) is 77.2 cm³/mol. The van der Waals surface area contributed by atoms with E-state index in [1.807, 2.05) is 19.1 Å². The molecule has 0 aliphatic rings. The highest BCUT2D eigenvalue weighted by molar-refractivity contribution is 5.80. The predicted octanol–water partition coefficient (Wildman–Crippen LogP) is 2.01. The van der Waals surface area contributed by atoms with Gasteiger partial charge in [0.05, 0.1) is 13.7 Å². The van der Waals surface area contributed by atoms with Gasteiger partial charge in [0.15, 0.2) is 0 Å². The minimum atomic E-state index is -0.856. The van der Waals surface area contributed by atoms with Crippen molar-refractivity contribution in [1.82, 2.24) is 5.32 Å². The van der Waals surface area contributed by atoms with Gasteiger partial charge in [-0.25, -0.2) is 4.79 Å². The molecule has 0 fully saturated rings. The fourth-order valence-corrected chi connectivity index (χ4v) is 1.76. The van der Waals surface area contributed by atoms with E-state index in [1.165, 1.54) is 0 Å². The Morgan fingerprint density at radius 3 is 2.30 bits per heavy atom. The van der Waals surface area contributed by atoms with Crippen LogP contribution >= 0.6 is 0 Å². The molecule has 112 valence electrons. The average molecular weight is 281 g/mol. The molecule has 20 heavy (non-hydrogen) atoms. The Morgan fingerprint density at radius 1 is 1.20 bits per heavy atom. The van der Waals surface area contributed by atoms with Crippen LogP contribution in [0.1, 0.15) is 20.8 Å². The number of hydrogen-bond acceptors (Lipinski definition) is 5. The van der Waals surface area contributed by atoms with Gasteiger partial charge >= 0.3 is 5.97 Å². The van der Waals surface area contributed by atoms with Crippen molar-refractivity contribution >= 4 is 5.97 Å². The number of benzene rings is 1. The zero-order valence-corrected chi connectivity index (χ0v) is 12.6. The van der Waals surface area contributed by atoms with Crippen LogP contribution in [0.15, 0.2) is 24.3 Å². The molecule has 1 atom stereocenters. The Hall–Kier alpha value is -1.75. The molecule has 1 N–H and O–H groups in total. The molecular formula is C15H23NO4. The van der Waals surface area contributed by atoms with E-state index in [2.05, 4.69) is 5.32 Å². The minimum absolute atomic E-state index is 0.200. The van der Waals surface area contributed by atoms with E-state index >= 15 is 0 Å². The number of carbonyl (C=O) groups is 1. The van der Waals surface area contributed by atoms with Gasteiger partial charge in [0.2, 0.25) is 0 Å². The number of carbonyl (C=O) groups excluding carboxylic acids is 1. The number of ether oxygens (including phenoxy) is 3. The lowest BCUT2D eigenvalue weighted by molar-refractivity contribution is -0.151. The normalized spacial score (nSPS) is 13.4. The number of rotatable bonds is 8. The van der Waals surface area contributed by atoms with Crippen molar-refractivity contribution in [3.8, 4) is 11.5 Å². The smallest absolute Gasteiger partial charge is 0.329 e. The van der Waals surface area contributed by atoms with Crippen LogP contribution < -0.4 is 14.8 Å². The summed E-state index contributed by atoms with van der Waals surface area (Å²) in [4.78, 5) is 12.0. The standard InChI is InChI=1S/C15H23NO4/c1-5-16-15(3,14(17)19-6-2)11-20-13-9-7-12(18-4)8-10-13/h7-10,16H,5-6,11H2,1-4H3. The third kappa shape index (κ3) is 4.42. The van der Waals surface area contributed by atoms with Crippen LogP contribution in [0.4, 0.5) is 0 Å². The maximum atomic E-state index is 12.0. The lowest BCUT2D eigenvalue weighted by Gasteiger charge is -2.27. The molecule has 5 nitrogen and oxygen atoms in total. The quantitative estimate of drug-likeness (QED) is 0.739. The van der Waals surface area contributed by atoms with Crippen LogP contribution in [0.25, 0.3) is 0 Å². The number of esters is 1. The van der Waals surface area contributed by atoms with E-state index in [9.17, 15) is 4.79 Å². The molecule has 1 unspecified atom stereocenters. The molecule has 0 aliphatic heterocycles. The Bertz CT molecular complexity index is 418. The van der Waals surface area contributed by atoms with Gasteiger partial charge in [-0.1, -0.05) is 6.92 Å². The third-order valence-electron chi connectivity index (χ3n) is 2.88. The second-order valence-corrected chi connectivity index (χ2v) is 4.55. The van der Waals surface area contributed by atoms with Crippen molar-refractivity contribution in [1.29, 1.82) is 0 Å². The van der Waals surface area contributed by atoms with Crippen molar-refractivity contribution in [3.63, 3.8) is 0 Å². The number of nitrogens with one attached hydrogen (secondary N) is 1. The molecule has 1 aromatic carbocycles. The van der Waals surface area contributed by atoms with Gasteiger partial charge in [-0.3, -0.25) is 5.32 Å². The summed E-state index contributed by atoms with van der Waals surface area (Å²) in [5.74, 6) is 1.13. The van der Waals surface area contributed by atoms with E-state index in [-0.39, 0.29) is 12.6 Å². The van der Waals surface area contributed by atoms with Gasteiger partial charge in [0.25, 0.3) is 0 Å². The molecule has 0 radical (unpaired) electrons. The molecule has 0 amide bonds. The van der Waals surface area contributed by atoms with Gasteiger partial charge in [0.1, 0.15) is 23.6 Å². The van der Waals surface area contributed by atoms with Crippen molar-refractivity contribution in [2.24, 2.45) is 0 Å². The first-order valence-electron chi connectivity index (χ1n) is 6.74. The zero-order chi connectivity index (χ0) is 15.0. The summed E-state index contributed by atoms with van der Waals surface area (Å²) >= 11 is 0. The van der Waals surface area contributed by atoms with Gasteiger partial charge in [0, 0.05) is 0 Å². The Balaban J connectivity index is 2.67. The van der Waals surface area contributed by atoms with Crippen LogP contribution in [-0.2, 0) is 9.53 Å². The summed E-state index contributed by atoms with van der Waals surface area (Å²) < 4.78 is 15.8. The zero-order valence-electron chi connectivity index (χ0n) is 12.6. The first-order chi connectivity index (χ1) is 9.55. The molecule has 0 bridgehead atoms. The SMILES string of the molecule is CCNC(C)(COc1ccc(OC)cc1)C(=O)OCC. The molecule has 0 heterocycles. The molecule has 0 aromatic heterocycles. The molecule has 0 aliphatic carbocycles. The van der Waals surface area contributed by atoms with Crippen molar-refractivity contribution < 1.29 is 19.0 Å². The van der Waals surface area contributed by atoms with E-state index in [1.54, 1.807) is 33.1 Å². The lowest BCUT2D eigenvalue weighted by Crippen LogP contribution is -2.54. The highest BCUT2D eigenvalue weighted by Gasteiger charge is 2.34. The highest BCUT2D eigenvalue weighted by atomic mass is 16.5. The second-order valence-electron chi connectivity index (χ2n) is 4.55. The van der Waals surface area contributed by atoms with Gasteiger partial charge in [-0.2, -0.15) is 0 Å². The van der Waals surface area contributed by atoms with Crippen LogP contribution in [0.3, 0.4) is 0 Å². The number of methoxy groups -OCH3 is 1. The van der Waals surface area contributed by atoms with E-state index in [4.69, 9.17) is 14.2 Å². The van der Waals surface area contributed by atoms with Gasteiger partial charge in [-0.05, 0) is 44.7 Å². The average Bonchev–Trinajstić information content (AvgIpc) is 2.46. The van der Waals surface area contributed by atoms with E-state index in [0.29, 0.717) is 18.9 Å². The van der Waals surface area contributed by atoms with Crippen LogP contribution in [0, 0.1) is 0 Å².